The molecule has 1 atom stereocenters. The van der Waals surface area contributed by atoms with Gasteiger partial charge in [0.25, 0.3) is 0 Å². The first kappa shape index (κ1) is 13.9. The number of hydrogen-bond acceptors (Lipinski definition) is 5. The van der Waals surface area contributed by atoms with Gasteiger partial charge in [0.1, 0.15) is 11.5 Å². The third kappa shape index (κ3) is 2.15. The molecule has 21 heavy (non-hydrogen) atoms. The maximum atomic E-state index is 10.8. The van der Waals surface area contributed by atoms with E-state index in [-0.39, 0.29) is 6.42 Å². The standard InChI is InChI=1S/C16H16O5/c1-20-13-7-8-14-11(9-13)10-15(17,16(18,19)21-14)12-5-3-2-4-6-12/h2-9,17-19H,10H2,1H3. The summed E-state index contributed by atoms with van der Waals surface area (Å²) in [6.45, 7) is 0. The lowest BCUT2D eigenvalue weighted by atomic mass is 9.82. The Kier molecular flexibility index (Phi) is 3.13. The van der Waals surface area contributed by atoms with Crippen LogP contribution >= 0.6 is 0 Å². The van der Waals surface area contributed by atoms with Crippen molar-refractivity contribution in [3.05, 3.63) is 59.7 Å². The van der Waals surface area contributed by atoms with Crippen LogP contribution in [0.5, 0.6) is 11.5 Å². The molecule has 0 saturated carbocycles. The smallest absolute Gasteiger partial charge is 0.357 e. The van der Waals surface area contributed by atoms with E-state index in [0.29, 0.717) is 22.6 Å². The van der Waals surface area contributed by atoms with Crippen molar-refractivity contribution in [2.45, 2.75) is 18.0 Å². The Morgan fingerprint density at radius 2 is 1.76 bits per heavy atom. The van der Waals surface area contributed by atoms with Crippen LogP contribution in [-0.2, 0) is 12.0 Å². The fourth-order valence-corrected chi connectivity index (χ4v) is 2.55. The van der Waals surface area contributed by atoms with Gasteiger partial charge in [-0.1, -0.05) is 30.3 Å². The zero-order chi connectivity index (χ0) is 15.1. The molecule has 0 radical (unpaired) electrons. The molecule has 0 aliphatic carbocycles. The van der Waals surface area contributed by atoms with Crippen molar-refractivity contribution in [1.29, 1.82) is 0 Å². The van der Waals surface area contributed by atoms with Crippen molar-refractivity contribution in [1.82, 2.24) is 0 Å². The summed E-state index contributed by atoms with van der Waals surface area (Å²) in [4.78, 5) is 0. The molecule has 2 aromatic carbocycles. The van der Waals surface area contributed by atoms with E-state index in [2.05, 4.69) is 0 Å². The van der Waals surface area contributed by atoms with Crippen LogP contribution in [0.25, 0.3) is 0 Å². The molecule has 1 aliphatic heterocycles. The lowest BCUT2D eigenvalue weighted by molar-refractivity contribution is -0.386. The first-order valence-corrected chi connectivity index (χ1v) is 6.55. The Morgan fingerprint density at radius 3 is 2.43 bits per heavy atom. The van der Waals surface area contributed by atoms with Gasteiger partial charge in [0, 0.05) is 12.0 Å². The summed E-state index contributed by atoms with van der Waals surface area (Å²) in [5, 5.41) is 31.2. The number of aliphatic hydroxyl groups is 3. The van der Waals surface area contributed by atoms with Crippen LogP contribution < -0.4 is 9.47 Å². The number of hydrogen-bond donors (Lipinski definition) is 3. The van der Waals surface area contributed by atoms with Gasteiger partial charge in [0.05, 0.1) is 7.11 Å². The fourth-order valence-electron chi connectivity index (χ4n) is 2.55. The molecular weight excluding hydrogens is 272 g/mol. The highest BCUT2D eigenvalue weighted by Gasteiger charge is 2.55. The summed E-state index contributed by atoms with van der Waals surface area (Å²) in [5.74, 6) is -1.80. The predicted molar refractivity (Wildman–Crippen MR) is 74.8 cm³/mol. The highest BCUT2D eigenvalue weighted by molar-refractivity contribution is 5.45. The van der Waals surface area contributed by atoms with Crippen molar-refractivity contribution in [2.24, 2.45) is 0 Å². The Morgan fingerprint density at radius 1 is 1.05 bits per heavy atom. The number of benzene rings is 2. The molecule has 0 bridgehead atoms. The minimum Gasteiger partial charge on any atom is -0.497 e. The van der Waals surface area contributed by atoms with Gasteiger partial charge in [0.15, 0.2) is 5.60 Å². The van der Waals surface area contributed by atoms with E-state index in [0.717, 1.165) is 0 Å². The highest BCUT2D eigenvalue weighted by atomic mass is 16.8. The molecule has 1 heterocycles. The molecule has 0 aromatic heterocycles. The summed E-state index contributed by atoms with van der Waals surface area (Å²) in [5.41, 5.74) is -0.962. The van der Waals surface area contributed by atoms with Crippen LogP contribution in [0.15, 0.2) is 48.5 Å². The van der Waals surface area contributed by atoms with Gasteiger partial charge in [0.2, 0.25) is 0 Å². The number of rotatable bonds is 2. The first-order valence-electron chi connectivity index (χ1n) is 6.55. The molecule has 5 nitrogen and oxygen atoms in total. The molecule has 110 valence electrons. The molecule has 1 aliphatic rings. The summed E-state index contributed by atoms with van der Waals surface area (Å²) < 4.78 is 10.3. The highest BCUT2D eigenvalue weighted by Crippen LogP contribution is 2.44. The second-order valence-corrected chi connectivity index (χ2v) is 5.09. The van der Waals surface area contributed by atoms with E-state index >= 15 is 0 Å². The van der Waals surface area contributed by atoms with Crippen LogP contribution in [0.4, 0.5) is 0 Å². The SMILES string of the molecule is COc1ccc2c(c1)CC(O)(c1ccccc1)C(O)(O)O2. The van der Waals surface area contributed by atoms with Crippen molar-refractivity contribution in [3.63, 3.8) is 0 Å². The van der Waals surface area contributed by atoms with Crippen molar-refractivity contribution in [2.75, 3.05) is 7.11 Å². The molecule has 3 rings (SSSR count). The minimum absolute atomic E-state index is 0.00343. The summed E-state index contributed by atoms with van der Waals surface area (Å²) >= 11 is 0. The lowest BCUT2D eigenvalue weighted by Crippen LogP contribution is -2.59. The van der Waals surface area contributed by atoms with Crippen molar-refractivity contribution < 1.29 is 24.8 Å². The average molecular weight is 288 g/mol. The molecule has 0 saturated heterocycles. The van der Waals surface area contributed by atoms with E-state index in [1.807, 2.05) is 0 Å². The zero-order valence-corrected chi connectivity index (χ0v) is 11.5. The van der Waals surface area contributed by atoms with Crippen LogP contribution in [0.2, 0.25) is 0 Å². The van der Waals surface area contributed by atoms with Crippen molar-refractivity contribution in [3.8, 4) is 11.5 Å². The molecule has 0 spiro atoms. The van der Waals surface area contributed by atoms with E-state index in [1.165, 1.54) is 7.11 Å². The number of methoxy groups -OCH3 is 1. The monoisotopic (exact) mass is 288 g/mol. The van der Waals surface area contributed by atoms with Crippen LogP contribution in [0.1, 0.15) is 11.1 Å². The lowest BCUT2D eigenvalue weighted by Gasteiger charge is -2.43. The molecule has 0 fully saturated rings. The van der Waals surface area contributed by atoms with Gasteiger partial charge in [-0.05, 0) is 23.8 Å². The average Bonchev–Trinajstić information content (AvgIpc) is 2.48. The normalized spacial score (nSPS) is 23.0. The maximum Gasteiger partial charge on any atom is 0.357 e. The zero-order valence-electron chi connectivity index (χ0n) is 11.5. The molecule has 3 N–H and O–H groups in total. The Labute approximate surface area is 122 Å². The first-order chi connectivity index (χ1) is 9.96. The van der Waals surface area contributed by atoms with Gasteiger partial charge >= 0.3 is 5.97 Å². The molecule has 0 amide bonds. The predicted octanol–water partition coefficient (Wildman–Crippen LogP) is 1.16. The third-order valence-corrected chi connectivity index (χ3v) is 3.76. The van der Waals surface area contributed by atoms with E-state index in [9.17, 15) is 15.3 Å². The molecule has 1 unspecified atom stereocenters. The van der Waals surface area contributed by atoms with Gasteiger partial charge in [-0.2, -0.15) is 0 Å². The van der Waals surface area contributed by atoms with E-state index < -0.39 is 11.6 Å². The van der Waals surface area contributed by atoms with E-state index in [1.54, 1.807) is 48.5 Å². The maximum absolute atomic E-state index is 10.8. The molecular formula is C16H16O5. The van der Waals surface area contributed by atoms with Crippen molar-refractivity contribution >= 4 is 0 Å². The molecule has 2 aromatic rings. The third-order valence-electron chi connectivity index (χ3n) is 3.76. The van der Waals surface area contributed by atoms with Gasteiger partial charge in [-0.25, -0.2) is 0 Å². The Hall–Kier alpha value is -2.08. The fraction of sp³-hybridized carbons (Fsp3) is 0.250. The number of ether oxygens (including phenoxy) is 2. The number of fused-ring (bicyclic) bond motifs is 1. The van der Waals surface area contributed by atoms with E-state index in [4.69, 9.17) is 9.47 Å². The summed E-state index contributed by atoms with van der Waals surface area (Å²) in [7, 11) is 1.54. The Balaban J connectivity index is 2.10. The Bertz CT molecular complexity index is 653. The van der Waals surface area contributed by atoms with Crippen LogP contribution in [0.3, 0.4) is 0 Å². The van der Waals surface area contributed by atoms with Crippen LogP contribution in [-0.4, -0.2) is 28.4 Å². The summed E-state index contributed by atoms with van der Waals surface area (Å²) in [6, 6.07) is 13.4. The quantitative estimate of drug-likeness (QED) is 0.723. The van der Waals surface area contributed by atoms with Crippen LogP contribution in [0, 0.1) is 0 Å². The topological polar surface area (TPSA) is 79.2 Å². The summed E-state index contributed by atoms with van der Waals surface area (Å²) in [6.07, 6.45) is -0.00343. The second-order valence-electron chi connectivity index (χ2n) is 5.09. The van der Waals surface area contributed by atoms with Gasteiger partial charge in [-0.3, -0.25) is 0 Å². The molecule has 5 heteroatoms. The second kappa shape index (κ2) is 4.73. The van der Waals surface area contributed by atoms with Gasteiger partial charge < -0.3 is 24.8 Å². The minimum atomic E-state index is -2.71. The largest absolute Gasteiger partial charge is 0.497 e. The van der Waals surface area contributed by atoms with Gasteiger partial charge in [-0.15, -0.1) is 0 Å².